The molecule has 110 valence electrons. The van der Waals surface area contributed by atoms with Gasteiger partial charge in [0.2, 0.25) is 0 Å². The minimum atomic E-state index is -0.266. The Bertz CT molecular complexity index is 522. The first-order chi connectivity index (χ1) is 9.63. The molecule has 1 aliphatic rings. The highest BCUT2D eigenvalue weighted by atomic mass is 35.5. The molecule has 1 aromatic heterocycles. The molecule has 6 heteroatoms. The number of hydrogen-bond acceptors (Lipinski definition) is 4. The summed E-state index contributed by atoms with van der Waals surface area (Å²) in [6.07, 6.45) is 5.69. The standard InChI is InChI=1S/C14H21ClN4O/c1-3-7-19-14(20)13(15)12(9-17-19)18(2)10-11-5-4-6-16-8-11/h3,9,11,16H,1,4-8,10H2,2H3. The number of aromatic nitrogens is 2. The second kappa shape index (κ2) is 6.90. The molecule has 1 atom stereocenters. The normalized spacial score (nSPS) is 18.8. The van der Waals surface area contributed by atoms with Gasteiger partial charge in [-0.1, -0.05) is 17.7 Å². The van der Waals surface area contributed by atoms with E-state index < -0.39 is 0 Å². The van der Waals surface area contributed by atoms with Gasteiger partial charge in [-0.2, -0.15) is 5.10 Å². The molecule has 1 aliphatic heterocycles. The zero-order chi connectivity index (χ0) is 14.5. The van der Waals surface area contributed by atoms with Crippen molar-refractivity contribution in [3.63, 3.8) is 0 Å². The smallest absolute Gasteiger partial charge is 0.287 e. The maximum Gasteiger partial charge on any atom is 0.287 e. The van der Waals surface area contributed by atoms with Crippen molar-refractivity contribution in [1.82, 2.24) is 15.1 Å². The second-order valence-electron chi connectivity index (χ2n) is 5.21. The maximum absolute atomic E-state index is 12.1. The van der Waals surface area contributed by atoms with Crippen molar-refractivity contribution in [2.45, 2.75) is 19.4 Å². The molecule has 1 N–H and O–H groups in total. The van der Waals surface area contributed by atoms with E-state index in [1.165, 1.54) is 17.5 Å². The summed E-state index contributed by atoms with van der Waals surface area (Å²) in [5.41, 5.74) is 0.431. The molecule has 5 nitrogen and oxygen atoms in total. The van der Waals surface area contributed by atoms with Crippen LogP contribution < -0.4 is 15.8 Å². The van der Waals surface area contributed by atoms with E-state index in [1.54, 1.807) is 12.3 Å². The van der Waals surface area contributed by atoms with Crippen LogP contribution in [-0.2, 0) is 6.54 Å². The number of hydrogen-bond donors (Lipinski definition) is 1. The number of anilines is 1. The average molecular weight is 297 g/mol. The van der Waals surface area contributed by atoms with Crippen LogP contribution in [-0.4, -0.2) is 36.5 Å². The van der Waals surface area contributed by atoms with Gasteiger partial charge in [-0.05, 0) is 31.8 Å². The molecule has 0 aliphatic carbocycles. The third-order valence-electron chi connectivity index (χ3n) is 3.61. The zero-order valence-corrected chi connectivity index (χ0v) is 12.6. The molecule has 1 fully saturated rings. The largest absolute Gasteiger partial charge is 0.372 e. The van der Waals surface area contributed by atoms with Crippen molar-refractivity contribution in [1.29, 1.82) is 0 Å². The van der Waals surface area contributed by atoms with Crippen molar-refractivity contribution in [2.24, 2.45) is 5.92 Å². The number of rotatable bonds is 5. The summed E-state index contributed by atoms with van der Waals surface area (Å²) in [6.45, 7) is 6.96. The summed E-state index contributed by atoms with van der Waals surface area (Å²) in [4.78, 5) is 14.1. The Morgan fingerprint density at radius 3 is 3.15 bits per heavy atom. The summed E-state index contributed by atoms with van der Waals surface area (Å²) < 4.78 is 1.31. The van der Waals surface area contributed by atoms with Gasteiger partial charge >= 0.3 is 0 Å². The van der Waals surface area contributed by atoms with Gasteiger partial charge in [0, 0.05) is 13.6 Å². The van der Waals surface area contributed by atoms with Crippen molar-refractivity contribution in [2.75, 3.05) is 31.6 Å². The molecular weight excluding hydrogens is 276 g/mol. The fourth-order valence-electron chi connectivity index (χ4n) is 2.54. The maximum atomic E-state index is 12.1. The van der Waals surface area contributed by atoms with E-state index in [4.69, 9.17) is 11.6 Å². The van der Waals surface area contributed by atoms with Crippen LogP contribution in [0.2, 0.25) is 5.02 Å². The van der Waals surface area contributed by atoms with Crippen LogP contribution in [0, 0.1) is 5.92 Å². The van der Waals surface area contributed by atoms with Gasteiger partial charge in [-0.15, -0.1) is 6.58 Å². The van der Waals surface area contributed by atoms with Crippen LogP contribution in [0.1, 0.15) is 12.8 Å². The van der Waals surface area contributed by atoms with Gasteiger partial charge in [-0.25, -0.2) is 4.68 Å². The molecule has 0 radical (unpaired) electrons. The number of allylic oxidation sites excluding steroid dienone is 1. The van der Waals surface area contributed by atoms with E-state index in [9.17, 15) is 4.79 Å². The van der Waals surface area contributed by atoms with Gasteiger partial charge in [0.25, 0.3) is 5.56 Å². The van der Waals surface area contributed by atoms with Crippen molar-refractivity contribution >= 4 is 17.3 Å². The Labute approximate surface area is 124 Å². The SMILES string of the molecule is C=CCn1ncc(N(C)CC2CCCNC2)c(Cl)c1=O. The van der Waals surface area contributed by atoms with Crippen molar-refractivity contribution in [3.05, 3.63) is 34.2 Å². The first kappa shape index (κ1) is 15.1. The quantitative estimate of drug-likeness (QED) is 0.837. The molecule has 1 aromatic rings. The van der Waals surface area contributed by atoms with Crippen LogP contribution >= 0.6 is 11.6 Å². The number of piperidine rings is 1. The van der Waals surface area contributed by atoms with Gasteiger partial charge < -0.3 is 10.2 Å². The van der Waals surface area contributed by atoms with E-state index >= 15 is 0 Å². The zero-order valence-electron chi connectivity index (χ0n) is 11.8. The summed E-state index contributed by atoms with van der Waals surface area (Å²) in [7, 11) is 1.95. The van der Waals surface area contributed by atoms with Crippen LogP contribution in [0.5, 0.6) is 0 Å². The van der Waals surface area contributed by atoms with Crippen LogP contribution in [0.15, 0.2) is 23.6 Å². The molecule has 1 unspecified atom stereocenters. The van der Waals surface area contributed by atoms with Gasteiger partial charge in [0.05, 0.1) is 18.4 Å². The van der Waals surface area contributed by atoms with E-state index in [-0.39, 0.29) is 10.6 Å². The molecule has 20 heavy (non-hydrogen) atoms. The number of halogens is 1. The summed E-state index contributed by atoms with van der Waals surface area (Å²) in [5.74, 6) is 0.584. The summed E-state index contributed by atoms with van der Waals surface area (Å²) in [5, 5.41) is 7.76. The molecule has 2 rings (SSSR count). The monoisotopic (exact) mass is 296 g/mol. The molecule has 0 saturated carbocycles. The Morgan fingerprint density at radius 1 is 1.70 bits per heavy atom. The van der Waals surface area contributed by atoms with E-state index in [1.807, 2.05) is 11.9 Å². The lowest BCUT2D eigenvalue weighted by Crippen LogP contribution is -2.37. The molecule has 0 spiro atoms. The molecular formula is C14H21ClN4O. The highest BCUT2D eigenvalue weighted by molar-refractivity contribution is 6.33. The lowest BCUT2D eigenvalue weighted by molar-refractivity contribution is 0.381. The third-order valence-corrected chi connectivity index (χ3v) is 3.97. The van der Waals surface area contributed by atoms with Crippen LogP contribution in [0.4, 0.5) is 5.69 Å². The highest BCUT2D eigenvalue weighted by Crippen LogP contribution is 2.22. The van der Waals surface area contributed by atoms with Gasteiger partial charge in [-0.3, -0.25) is 4.79 Å². The van der Waals surface area contributed by atoms with E-state index in [0.717, 1.165) is 19.6 Å². The lowest BCUT2D eigenvalue weighted by Gasteiger charge is -2.29. The van der Waals surface area contributed by atoms with Gasteiger partial charge in [0.1, 0.15) is 5.02 Å². The second-order valence-corrected chi connectivity index (χ2v) is 5.59. The molecule has 0 bridgehead atoms. The fourth-order valence-corrected chi connectivity index (χ4v) is 2.83. The van der Waals surface area contributed by atoms with Gasteiger partial charge in [0.15, 0.2) is 0 Å². The summed E-state index contributed by atoms with van der Waals surface area (Å²) in [6, 6.07) is 0. The molecule has 0 amide bonds. The first-order valence-corrected chi connectivity index (χ1v) is 7.29. The van der Waals surface area contributed by atoms with Crippen molar-refractivity contribution < 1.29 is 0 Å². The summed E-state index contributed by atoms with van der Waals surface area (Å²) >= 11 is 6.18. The molecule has 1 saturated heterocycles. The Hall–Kier alpha value is -1.33. The molecule has 0 aromatic carbocycles. The van der Waals surface area contributed by atoms with Crippen LogP contribution in [0.25, 0.3) is 0 Å². The first-order valence-electron chi connectivity index (χ1n) is 6.92. The number of nitrogens with one attached hydrogen (secondary N) is 1. The Kier molecular flexibility index (Phi) is 5.20. The fraction of sp³-hybridized carbons (Fsp3) is 0.571. The molecule has 2 heterocycles. The topological polar surface area (TPSA) is 50.2 Å². The minimum absolute atomic E-state index is 0.230. The predicted molar refractivity (Wildman–Crippen MR) is 82.6 cm³/mol. The van der Waals surface area contributed by atoms with E-state index in [0.29, 0.717) is 18.2 Å². The van der Waals surface area contributed by atoms with Crippen LogP contribution in [0.3, 0.4) is 0 Å². The predicted octanol–water partition coefficient (Wildman–Crippen LogP) is 1.52. The minimum Gasteiger partial charge on any atom is -0.372 e. The Morgan fingerprint density at radius 2 is 2.50 bits per heavy atom. The van der Waals surface area contributed by atoms with Crippen molar-refractivity contribution in [3.8, 4) is 0 Å². The third kappa shape index (κ3) is 3.41. The number of nitrogens with zero attached hydrogens (tertiary/aromatic N) is 3. The lowest BCUT2D eigenvalue weighted by atomic mass is 9.99. The van der Waals surface area contributed by atoms with E-state index in [2.05, 4.69) is 17.0 Å². The average Bonchev–Trinajstić information content (AvgIpc) is 2.45. The highest BCUT2D eigenvalue weighted by Gasteiger charge is 2.18. The Balaban J connectivity index is 2.13.